The minimum Gasteiger partial charge on any atom is -0.497 e. The third-order valence-corrected chi connectivity index (χ3v) is 4.44. The zero-order chi connectivity index (χ0) is 20.5. The van der Waals surface area contributed by atoms with Gasteiger partial charge < -0.3 is 19.7 Å². The Morgan fingerprint density at radius 1 is 1.00 bits per heavy atom. The summed E-state index contributed by atoms with van der Waals surface area (Å²) in [5.41, 5.74) is 1.26. The van der Waals surface area contributed by atoms with E-state index in [0.29, 0.717) is 13.2 Å². The quantitative estimate of drug-likeness (QED) is 0.530. The summed E-state index contributed by atoms with van der Waals surface area (Å²) in [7, 11) is 3.69. The highest BCUT2D eigenvalue weighted by molar-refractivity contribution is 5.49. The first-order chi connectivity index (χ1) is 14.1. The van der Waals surface area contributed by atoms with Crippen molar-refractivity contribution in [3.8, 4) is 11.5 Å². The number of nitrogens with zero attached hydrogens (tertiary/aromatic N) is 4. The van der Waals surface area contributed by atoms with E-state index in [1.165, 1.54) is 5.56 Å². The van der Waals surface area contributed by atoms with Gasteiger partial charge in [-0.3, -0.25) is 4.98 Å². The van der Waals surface area contributed by atoms with Crippen molar-refractivity contribution in [1.82, 2.24) is 15.0 Å². The van der Waals surface area contributed by atoms with Crippen LogP contribution in [0.3, 0.4) is 0 Å². The fraction of sp³-hybridized carbons (Fsp3) is 0.318. The minimum atomic E-state index is 0.530. The van der Waals surface area contributed by atoms with Crippen LogP contribution in [0.1, 0.15) is 11.4 Å². The van der Waals surface area contributed by atoms with Crippen LogP contribution in [-0.2, 0) is 6.42 Å². The highest BCUT2D eigenvalue weighted by Crippen LogP contribution is 2.17. The number of aryl methyl sites for hydroxylation is 1. The first-order valence-electron chi connectivity index (χ1n) is 9.60. The molecule has 0 saturated carbocycles. The Labute approximate surface area is 171 Å². The number of aromatic nitrogens is 3. The molecule has 3 aromatic rings. The topological polar surface area (TPSA) is 72.4 Å². The van der Waals surface area contributed by atoms with Gasteiger partial charge in [-0.05, 0) is 55.3 Å². The van der Waals surface area contributed by atoms with Crippen LogP contribution in [0.2, 0.25) is 0 Å². The van der Waals surface area contributed by atoms with Gasteiger partial charge in [-0.1, -0.05) is 0 Å². The zero-order valence-corrected chi connectivity index (χ0v) is 17.1. The molecule has 0 amide bonds. The van der Waals surface area contributed by atoms with Gasteiger partial charge in [-0.25, -0.2) is 9.97 Å². The van der Waals surface area contributed by atoms with Crippen LogP contribution >= 0.6 is 0 Å². The van der Waals surface area contributed by atoms with Crippen molar-refractivity contribution in [3.63, 3.8) is 0 Å². The second kappa shape index (κ2) is 10.3. The summed E-state index contributed by atoms with van der Waals surface area (Å²) in [5, 5.41) is 3.31. The molecular formula is C22H27N5O2. The fourth-order valence-corrected chi connectivity index (χ4v) is 2.82. The number of hydrogen-bond donors (Lipinski definition) is 1. The van der Waals surface area contributed by atoms with Crippen LogP contribution in [0.5, 0.6) is 11.5 Å². The minimum absolute atomic E-state index is 0.530. The Balaban J connectivity index is 1.50. The van der Waals surface area contributed by atoms with E-state index in [-0.39, 0.29) is 0 Å². The summed E-state index contributed by atoms with van der Waals surface area (Å²) in [6.45, 7) is 3.94. The molecule has 7 heteroatoms. The maximum absolute atomic E-state index is 5.75. The summed E-state index contributed by atoms with van der Waals surface area (Å²) in [4.78, 5) is 15.2. The van der Waals surface area contributed by atoms with E-state index in [4.69, 9.17) is 9.47 Å². The number of methoxy groups -OCH3 is 1. The van der Waals surface area contributed by atoms with Gasteiger partial charge in [-0.2, -0.15) is 0 Å². The number of ether oxygens (including phenoxy) is 2. The molecule has 2 heterocycles. The van der Waals surface area contributed by atoms with E-state index in [2.05, 4.69) is 25.2 Å². The third kappa shape index (κ3) is 6.34. The van der Waals surface area contributed by atoms with Crippen molar-refractivity contribution in [1.29, 1.82) is 0 Å². The number of hydrogen-bond acceptors (Lipinski definition) is 7. The number of benzene rings is 1. The van der Waals surface area contributed by atoms with Crippen LogP contribution in [0.15, 0.2) is 54.9 Å². The molecular weight excluding hydrogens is 366 g/mol. The predicted octanol–water partition coefficient (Wildman–Crippen LogP) is 3.36. The molecule has 0 unspecified atom stereocenters. The molecule has 0 aliphatic rings. The van der Waals surface area contributed by atoms with Gasteiger partial charge in [0.2, 0.25) is 0 Å². The van der Waals surface area contributed by atoms with Crippen LogP contribution < -0.4 is 19.7 Å². The summed E-state index contributed by atoms with van der Waals surface area (Å²) in [5.74, 6) is 4.04. The lowest BCUT2D eigenvalue weighted by molar-refractivity contribution is 0.331. The van der Waals surface area contributed by atoms with Crippen molar-refractivity contribution >= 4 is 11.6 Å². The summed E-state index contributed by atoms with van der Waals surface area (Å²) in [6.07, 6.45) is 4.57. The number of likely N-dealkylation sites (N-methyl/N-ethyl adjacent to an activating group) is 1. The van der Waals surface area contributed by atoms with Gasteiger partial charge >= 0.3 is 0 Å². The maximum Gasteiger partial charge on any atom is 0.134 e. The largest absolute Gasteiger partial charge is 0.497 e. The molecule has 152 valence electrons. The van der Waals surface area contributed by atoms with Crippen molar-refractivity contribution in [3.05, 3.63) is 66.2 Å². The first kappa shape index (κ1) is 20.4. The highest BCUT2D eigenvalue weighted by atomic mass is 16.5. The van der Waals surface area contributed by atoms with Crippen LogP contribution in [-0.4, -0.2) is 48.8 Å². The van der Waals surface area contributed by atoms with Gasteiger partial charge in [0.05, 0.1) is 13.7 Å². The van der Waals surface area contributed by atoms with Crippen LogP contribution in [0.25, 0.3) is 0 Å². The third-order valence-electron chi connectivity index (χ3n) is 4.44. The van der Waals surface area contributed by atoms with E-state index < -0.39 is 0 Å². The molecule has 0 bridgehead atoms. The van der Waals surface area contributed by atoms with E-state index >= 15 is 0 Å². The smallest absolute Gasteiger partial charge is 0.134 e. The molecule has 2 aromatic heterocycles. The predicted molar refractivity (Wildman–Crippen MR) is 115 cm³/mol. The summed E-state index contributed by atoms with van der Waals surface area (Å²) in [6, 6.07) is 13.6. The lowest BCUT2D eigenvalue weighted by Gasteiger charge is -2.19. The van der Waals surface area contributed by atoms with Crippen molar-refractivity contribution in [2.75, 3.05) is 44.1 Å². The molecule has 0 aliphatic heterocycles. The Morgan fingerprint density at radius 2 is 1.72 bits per heavy atom. The summed E-state index contributed by atoms with van der Waals surface area (Å²) >= 11 is 0. The molecule has 0 atom stereocenters. The average molecular weight is 393 g/mol. The molecule has 0 aliphatic carbocycles. The van der Waals surface area contributed by atoms with Gasteiger partial charge in [0, 0.05) is 32.1 Å². The summed E-state index contributed by atoms with van der Waals surface area (Å²) < 4.78 is 10.9. The molecule has 1 aromatic carbocycles. The fourth-order valence-electron chi connectivity index (χ4n) is 2.82. The molecule has 1 N–H and O–H groups in total. The molecule has 29 heavy (non-hydrogen) atoms. The van der Waals surface area contributed by atoms with Crippen molar-refractivity contribution in [2.24, 2.45) is 0 Å². The van der Waals surface area contributed by atoms with Gasteiger partial charge in [0.25, 0.3) is 0 Å². The number of pyridine rings is 1. The molecule has 0 fully saturated rings. The van der Waals surface area contributed by atoms with Gasteiger partial charge in [0.15, 0.2) is 0 Å². The van der Waals surface area contributed by atoms with Crippen LogP contribution in [0.4, 0.5) is 11.6 Å². The Morgan fingerprint density at radius 3 is 2.45 bits per heavy atom. The van der Waals surface area contributed by atoms with Gasteiger partial charge in [0.1, 0.15) is 35.6 Å². The van der Waals surface area contributed by atoms with Gasteiger partial charge in [-0.15, -0.1) is 0 Å². The van der Waals surface area contributed by atoms with E-state index in [9.17, 15) is 0 Å². The maximum atomic E-state index is 5.75. The number of rotatable bonds is 10. The zero-order valence-electron chi connectivity index (χ0n) is 17.1. The second-order valence-corrected chi connectivity index (χ2v) is 6.64. The standard InChI is InChI=1S/C22H27N5O2/c1-17-25-21(24-13-15-29-20-6-4-19(28-3)5-7-20)16-22(26-17)27(2)14-10-18-8-11-23-12-9-18/h4-9,11-12,16H,10,13-15H2,1-3H3,(H,24,25,26). The Hall–Kier alpha value is -3.35. The Bertz CT molecular complexity index is 887. The lowest BCUT2D eigenvalue weighted by atomic mass is 10.2. The second-order valence-electron chi connectivity index (χ2n) is 6.64. The SMILES string of the molecule is COc1ccc(OCCNc2cc(N(C)CCc3ccncc3)nc(C)n2)cc1. The number of nitrogens with one attached hydrogen (secondary N) is 1. The van der Waals surface area contributed by atoms with E-state index in [1.807, 2.05) is 68.8 Å². The normalized spacial score (nSPS) is 10.4. The van der Waals surface area contributed by atoms with E-state index in [0.717, 1.165) is 41.9 Å². The van der Waals surface area contributed by atoms with Crippen molar-refractivity contribution < 1.29 is 9.47 Å². The van der Waals surface area contributed by atoms with E-state index in [1.54, 1.807) is 7.11 Å². The Kier molecular flexibility index (Phi) is 7.22. The lowest BCUT2D eigenvalue weighted by Crippen LogP contribution is -2.22. The molecule has 0 radical (unpaired) electrons. The number of anilines is 2. The molecule has 3 rings (SSSR count). The molecule has 0 spiro atoms. The monoisotopic (exact) mass is 393 g/mol. The molecule has 0 saturated heterocycles. The highest BCUT2D eigenvalue weighted by Gasteiger charge is 2.07. The average Bonchev–Trinajstić information content (AvgIpc) is 2.76. The molecule has 7 nitrogen and oxygen atoms in total. The van der Waals surface area contributed by atoms with Crippen molar-refractivity contribution in [2.45, 2.75) is 13.3 Å². The first-order valence-corrected chi connectivity index (χ1v) is 9.60. The van der Waals surface area contributed by atoms with Crippen LogP contribution in [0, 0.1) is 6.92 Å².